The zero-order chi connectivity index (χ0) is 18.1. The van der Waals surface area contributed by atoms with Crippen LogP contribution in [0.25, 0.3) is 11.0 Å². The van der Waals surface area contributed by atoms with Crippen molar-refractivity contribution in [2.24, 2.45) is 5.41 Å². The van der Waals surface area contributed by atoms with Gasteiger partial charge in [0.05, 0.1) is 11.0 Å². The molecule has 26 heavy (non-hydrogen) atoms. The number of fused-ring (bicyclic) bond motifs is 1. The lowest BCUT2D eigenvalue weighted by Crippen LogP contribution is -2.35. The number of carbonyl (C=O) groups excluding carboxylic acids is 1. The van der Waals surface area contributed by atoms with Crippen LogP contribution in [0.3, 0.4) is 0 Å². The number of nitrogens with one attached hydrogen (secondary N) is 3. The number of urea groups is 1. The van der Waals surface area contributed by atoms with Crippen molar-refractivity contribution in [3.8, 4) is 0 Å². The highest BCUT2D eigenvalue weighted by Crippen LogP contribution is 2.46. The van der Waals surface area contributed by atoms with Crippen molar-refractivity contribution in [3.05, 3.63) is 42.5 Å². The molecular weight excluding hydrogens is 328 g/mol. The van der Waals surface area contributed by atoms with Crippen LogP contribution in [0.5, 0.6) is 0 Å². The van der Waals surface area contributed by atoms with Gasteiger partial charge in [-0.15, -0.1) is 0 Å². The van der Waals surface area contributed by atoms with E-state index in [1.165, 1.54) is 0 Å². The third-order valence-corrected chi connectivity index (χ3v) is 4.94. The lowest BCUT2D eigenvalue weighted by atomic mass is 10.1. The third-order valence-electron chi connectivity index (χ3n) is 4.94. The Morgan fingerprint density at radius 3 is 2.92 bits per heavy atom. The molecule has 0 radical (unpaired) electrons. The van der Waals surface area contributed by atoms with Crippen molar-refractivity contribution in [2.75, 3.05) is 11.9 Å². The van der Waals surface area contributed by atoms with Crippen LogP contribution in [-0.2, 0) is 6.54 Å². The number of aromatic nitrogens is 4. The van der Waals surface area contributed by atoms with E-state index in [0.29, 0.717) is 12.5 Å². The van der Waals surface area contributed by atoms with Crippen LogP contribution in [0.15, 0.2) is 36.7 Å². The van der Waals surface area contributed by atoms with E-state index in [1.54, 1.807) is 6.20 Å². The Bertz CT molecular complexity index is 907. The molecule has 7 heteroatoms. The molecule has 136 valence electrons. The van der Waals surface area contributed by atoms with Gasteiger partial charge in [-0.3, -0.25) is 4.68 Å². The van der Waals surface area contributed by atoms with Crippen molar-refractivity contribution in [1.29, 1.82) is 0 Å². The number of H-pyrrole nitrogens is 1. The molecule has 7 nitrogen and oxygen atoms in total. The quantitative estimate of drug-likeness (QED) is 0.634. The average Bonchev–Trinajstić information content (AvgIpc) is 3.00. The minimum Gasteiger partial charge on any atom is -0.342 e. The van der Waals surface area contributed by atoms with E-state index >= 15 is 0 Å². The van der Waals surface area contributed by atoms with Crippen LogP contribution < -0.4 is 10.6 Å². The summed E-state index contributed by atoms with van der Waals surface area (Å²) >= 11 is 0. The van der Waals surface area contributed by atoms with Crippen LogP contribution in [0, 0.1) is 5.41 Å². The maximum Gasteiger partial charge on any atom is 0.319 e. The number of imidazole rings is 1. The first kappa shape index (κ1) is 16.6. The molecule has 1 saturated carbocycles. The number of anilines is 1. The molecule has 1 fully saturated rings. The fourth-order valence-corrected chi connectivity index (χ4v) is 3.13. The van der Waals surface area contributed by atoms with E-state index in [4.69, 9.17) is 0 Å². The van der Waals surface area contributed by atoms with Gasteiger partial charge in [0.25, 0.3) is 0 Å². The summed E-state index contributed by atoms with van der Waals surface area (Å²) in [5, 5.41) is 10.2. The minimum absolute atomic E-state index is 0.142. The number of nitrogens with zero attached hydrogens (tertiary/aromatic N) is 3. The zero-order valence-electron chi connectivity index (χ0n) is 15.1. The highest BCUT2D eigenvalue weighted by atomic mass is 16.2. The molecule has 0 unspecified atom stereocenters. The molecule has 1 aliphatic carbocycles. The molecular formula is C19H24N6O. The van der Waals surface area contributed by atoms with Gasteiger partial charge in [-0.25, -0.2) is 9.78 Å². The fraction of sp³-hybridized carbons (Fsp3) is 0.421. The van der Waals surface area contributed by atoms with Gasteiger partial charge in [0.1, 0.15) is 5.82 Å². The molecule has 4 rings (SSSR count). The summed E-state index contributed by atoms with van der Waals surface area (Å²) in [5.74, 6) is 1.29. The number of hydrogen-bond donors (Lipinski definition) is 3. The van der Waals surface area contributed by atoms with E-state index in [9.17, 15) is 4.79 Å². The smallest absolute Gasteiger partial charge is 0.319 e. The van der Waals surface area contributed by atoms with Crippen LogP contribution >= 0.6 is 0 Å². The molecule has 3 N–H and O–H groups in total. The molecule has 0 saturated heterocycles. The summed E-state index contributed by atoms with van der Waals surface area (Å²) in [6.07, 6.45) is 5.98. The lowest BCUT2D eigenvalue weighted by Gasteiger charge is -2.16. The van der Waals surface area contributed by atoms with E-state index in [2.05, 4.69) is 39.5 Å². The normalized spacial score (nSPS) is 15.3. The predicted octanol–water partition coefficient (Wildman–Crippen LogP) is 3.48. The predicted molar refractivity (Wildman–Crippen MR) is 101 cm³/mol. The second kappa shape index (κ2) is 6.48. The highest BCUT2D eigenvalue weighted by Gasteiger charge is 2.43. The van der Waals surface area contributed by atoms with Gasteiger partial charge in [0.2, 0.25) is 0 Å². The van der Waals surface area contributed by atoms with E-state index in [0.717, 1.165) is 41.9 Å². The summed E-state index contributed by atoms with van der Waals surface area (Å²) in [4.78, 5) is 20.1. The molecule has 1 aromatic carbocycles. The van der Waals surface area contributed by atoms with Crippen molar-refractivity contribution in [3.63, 3.8) is 0 Å². The van der Waals surface area contributed by atoms with Crippen molar-refractivity contribution >= 4 is 22.8 Å². The maximum atomic E-state index is 12.3. The zero-order valence-corrected chi connectivity index (χ0v) is 15.1. The van der Waals surface area contributed by atoms with Gasteiger partial charge < -0.3 is 15.6 Å². The Balaban J connectivity index is 1.35. The first-order valence-corrected chi connectivity index (χ1v) is 9.05. The SMILES string of the molecule is CC(C)c1nc2ccc(NC(=O)NCC3(Cn4cccn4)CC3)cc2[nH]1. The first-order chi connectivity index (χ1) is 12.5. The Labute approximate surface area is 152 Å². The summed E-state index contributed by atoms with van der Waals surface area (Å²) in [6, 6.07) is 7.47. The van der Waals surface area contributed by atoms with E-state index in [1.807, 2.05) is 35.1 Å². The van der Waals surface area contributed by atoms with Crippen LogP contribution in [0.4, 0.5) is 10.5 Å². The lowest BCUT2D eigenvalue weighted by molar-refractivity contribution is 0.248. The number of benzene rings is 1. The average molecular weight is 352 g/mol. The van der Waals surface area contributed by atoms with Crippen molar-refractivity contribution < 1.29 is 4.79 Å². The standard InChI is InChI=1S/C19H24N6O/c1-13(2)17-23-15-5-4-14(10-16(15)24-17)22-18(26)20-11-19(6-7-19)12-25-9-3-8-21-25/h3-5,8-10,13H,6-7,11-12H2,1-2H3,(H,23,24)(H2,20,22,26). The number of aromatic amines is 1. The third kappa shape index (κ3) is 3.56. The summed E-state index contributed by atoms with van der Waals surface area (Å²) in [7, 11) is 0. The molecule has 3 aromatic rings. The first-order valence-electron chi connectivity index (χ1n) is 9.05. The van der Waals surface area contributed by atoms with Crippen LogP contribution in [0.2, 0.25) is 0 Å². The van der Waals surface area contributed by atoms with E-state index < -0.39 is 0 Å². The Kier molecular flexibility index (Phi) is 4.14. The number of rotatable bonds is 6. The van der Waals surface area contributed by atoms with Crippen molar-refractivity contribution in [1.82, 2.24) is 25.1 Å². The molecule has 2 aromatic heterocycles. The van der Waals surface area contributed by atoms with Crippen molar-refractivity contribution in [2.45, 2.75) is 39.2 Å². The number of carbonyl (C=O) groups is 1. The van der Waals surface area contributed by atoms with Gasteiger partial charge in [-0.2, -0.15) is 5.10 Å². The largest absolute Gasteiger partial charge is 0.342 e. The molecule has 2 amide bonds. The van der Waals surface area contributed by atoms with Gasteiger partial charge in [0, 0.05) is 42.5 Å². The molecule has 2 heterocycles. The fourth-order valence-electron chi connectivity index (χ4n) is 3.13. The molecule has 0 aliphatic heterocycles. The minimum atomic E-state index is -0.181. The Hall–Kier alpha value is -2.83. The molecule has 0 bridgehead atoms. The topological polar surface area (TPSA) is 87.6 Å². The summed E-state index contributed by atoms with van der Waals surface area (Å²) in [6.45, 7) is 5.70. The number of amides is 2. The van der Waals surface area contributed by atoms with Crippen LogP contribution in [0.1, 0.15) is 38.4 Å². The molecule has 1 aliphatic rings. The highest BCUT2D eigenvalue weighted by molar-refractivity contribution is 5.91. The summed E-state index contributed by atoms with van der Waals surface area (Å²) < 4.78 is 1.94. The summed E-state index contributed by atoms with van der Waals surface area (Å²) in [5.41, 5.74) is 2.74. The van der Waals surface area contributed by atoms with Gasteiger partial charge >= 0.3 is 6.03 Å². The molecule has 0 atom stereocenters. The molecule has 0 spiro atoms. The number of hydrogen-bond acceptors (Lipinski definition) is 3. The Morgan fingerprint density at radius 1 is 1.38 bits per heavy atom. The van der Waals surface area contributed by atoms with Gasteiger partial charge in [-0.05, 0) is 37.1 Å². The monoisotopic (exact) mass is 352 g/mol. The van der Waals surface area contributed by atoms with Gasteiger partial charge in [-0.1, -0.05) is 13.8 Å². The second-order valence-corrected chi connectivity index (χ2v) is 7.52. The van der Waals surface area contributed by atoms with Gasteiger partial charge in [0.15, 0.2) is 0 Å². The maximum absolute atomic E-state index is 12.3. The second-order valence-electron chi connectivity index (χ2n) is 7.52. The van der Waals surface area contributed by atoms with Crippen LogP contribution in [-0.4, -0.2) is 32.3 Å². The Morgan fingerprint density at radius 2 is 2.23 bits per heavy atom. The van der Waals surface area contributed by atoms with E-state index in [-0.39, 0.29) is 11.4 Å².